The maximum Gasteiger partial charge on any atom is 0.326 e. The van der Waals surface area contributed by atoms with Crippen molar-refractivity contribution in [2.45, 2.75) is 44.8 Å². The van der Waals surface area contributed by atoms with Crippen molar-refractivity contribution in [2.75, 3.05) is 0 Å². The Labute approximate surface area is 192 Å². The summed E-state index contributed by atoms with van der Waals surface area (Å²) in [4.78, 5) is 40.6. The van der Waals surface area contributed by atoms with E-state index in [1.54, 1.807) is 13.8 Å². The monoisotopic (exact) mass is 450 g/mol. The number of hydrogen-bond acceptors (Lipinski definition) is 4. The van der Waals surface area contributed by atoms with Crippen LogP contribution in [0.1, 0.15) is 25.0 Å². The van der Waals surface area contributed by atoms with Crippen molar-refractivity contribution in [1.82, 2.24) is 15.6 Å². The molecule has 2 aromatic carbocycles. The van der Waals surface area contributed by atoms with Crippen molar-refractivity contribution in [1.29, 1.82) is 0 Å². The van der Waals surface area contributed by atoms with E-state index >= 15 is 0 Å². The highest BCUT2D eigenvalue weighted by Gasteiger charge is 2.30. The Morgan fingerprint density at radius 2 is 1.61 bits per heavy atom. The van der Waals surface area contributed by atoms with E-state index in [-0.39, 0.29) is 12.3 Å². The van der Waals surface area contributed by atoms with E-state index in [0.717, 1.165) is 22.0 Å². The summed E-state index contributed by atoms with van der Waals surface area (Å²) >= 11 is 0. The van der Waals surface area contributed by atoms with E-state index in [1.165, 1.54) is 0 Å². The molecule has 0 saturated heterocycles. The maximum atomic E-state index is 13.0. The van der Waals surface area contributed by atoms with Gasteiger partial charge in [-0.25, -0.2) is 4.79 Å². The molecule has 0 bridgehead atoms. The van der Waals surface area contributed by atoms with Crippen molar-refractivity contribution in [3.05, 3.63) is 71.9 Å². The van der Waals surface area contributed by atoms with Crippen LogP contribution in [0.5, 0.6) is 0 Å². The fourth-order valence-corrected chi connectivity index (χ4v) is 3.74. The van der Waals surface area contributed by atoms with E-state index in [4.69, 9.17) is 5.73 Å². The van der Waals surface area contributed by atoms with Gasteiger partial charge < -0.3 is 26.5 Å². The number of amides is 2. The predicted octanol–water partition coefficient (Wildman–Crippen LogP) is 1.99. The summed E-state index contributed by atoms with van der Waals surface area (Å²) in [5.74, 6) is -2.48. The summed E-state index contributed by atoms with van der Waals surface area (Å²) in [5, 5.41) is 15.7. The third-order valence-corrected chi connectivity index (χ3v) is 5.60. The zero-order valence-electron chi connectivity index (χ0n) is 18.7. The van der Waals surface area contributed by atoms with Gasteiger partial charge in [-0.05, 0) is 29.5 Å². The fraction of sp³-hybridized carbons (Fsp3) is 0.320. The molecule has 2 amide bonds. The van der Waals surface area contributed by atoms with E-state index in [1.807, 2.05) is 60.8 Å². The first-order valence-electron chi connectivity index (χ1n) is 10.9. The number of fused-ring (bicyclic) bond motifs is 1. The number of nitrogens with two attached hydrogens (primary N) is 1. The summed E-state index contributed by atoms with van der Waals surface area (Å²) in [6.45, 7) is 3.42. The number of nitrogens with one attached hydrogen (secondary N) is 3. The number of rotatable bonds is 10. The Morgan fingerprint density at radius 3 is 2.27 bits per heavy atom. The van der Waals surface area contributed by atoms with Gasteiger partial charge in [0.1, 0.15) is 12.1 Å². The van der Waals surface area contributed by atoms with E-state index in [2.05, 4.69) is 15.6 Å². The molecule has 0 aliphatic carbocycles. The van der Waals surface area contributed by atoms with Gasteiger partial charge >= 0.3 is 5.97 Å². The Balaban J connectivity index is 1.74. The van der Waals surface area contributed by atoms with Crippen molar-refractivity contribution in [3.63, 3.8) is 0 Å². The van der Waals surface area contributed by atoms with Crippen LogP contribution in [0.4, 0.5) is 0 Å². The molecule has 0 radical (unpaired) electrons. The van der Waals surface area contributed by atoms with Gasteiger partial charge in [0.05, 0.1) is 6.04 Å². The van der Waals surface area contributed by atoms with Gasteiger partial charge in [0.15, 0.2) is 0 Å². The standard InChI is InChI=1S/C25H30N4O4/c1-15(2)22(25(32)33)29-24(31)21(12-16-8-4-3-5-9-16)28-23(30)19(26)13-17-14-27-20-11-7-6-10-18(17)20/h3-11,14-15,19,21-22,27H,12-13,26H2,1-2H3,(H,28,30)(H,29,31)(H,32,33). The first-order valence-corrected chi connectivity index (χ1v) is 10.9. The van der Waals surface area contributed by atoms with Crippen LogP contribution in [0.25, 0.3) is 10.9 Å². The predicted molar refractivity (Wildman–Crippen MR) is 126 cm³/mol. The molecule has 0 spiro atoms. The van der Waals surface area contributed by atoms with Crippen LogP contribution < -0.4 is 16.4 Å². The zero-order chi connectivity index (χ0) is 24.0. The molecule has 0 saturated carbocycles. The average Bonchev–Trinajstić information content (AvgIpc) is 3.19. The van der Waals surface area contributed by atoms with Crippen molar-refractivity contribution < 1.29 is 19.5 Å². The molecule has 6 N–H and O–H groups in total. The third-order valence-electron chi connectivity index (χ3n) is 5.60. The van der Waals surface area contributed by atoms with Crippen LogP contribution in [0.3, 0.4) is 0 Å². The van der Waals surface area contributed by atoms with Crippen LogP contribution in [0, 0.1) is 5.92 Å². The van der Waals surface area contributed by atoms with Gasteiger partial charge in [0.2, 0.25) is 11.8 Å². The SMILES string of the molecule is CC(C)C(NC(=O)C(Cc1ccccc1)NC(=O)C(N)Cc1c[nH]c2ccccc12)C(=O)O. The quantitative estimate of drug-likeness (QED) is 0.322. The minimum atomic E-state index is -1.13. The van der Waals surface area contributed by atoms with Crippen LogP contribution in [0.2, 0.25) is 0 Å². The second kappa shape index (κ2) is 10.8. The van der Waals surface area contributed by atoms with E-state index in [0.29, 0.717) is 6.42 Å². The molecule has 8 heteroatoms. The number of aliphatic carboxylic acids is 1. The normalized spacial score (nSPS) is 13.9. The molecule has 0 fully saturated rings. The highest BCUT2D eigenvalue weighted by Crippen LogP contribution is 2.19. The summed E-state index contributed by atoms with van der Waals surface area (Å²) in [5.41, 5.74) is 8.88. The number of carboxylic acid groups (broad SMARTS) is 1. The van der Waals surface area contributed by atoms with Gasteiger partial charge in [-0.15, -0.1) is 0 Å². The summed E-state index contributed by atoms with van der Waals surface area (Å²) < 4.78 is 0. The largest absolute Gasteiger partial charge is 0.480 e. The molecule has 1 aromatic heterocycles. The average molecular weight is 451 g/mol. The first-order chi connectivity index (χ1) is 15.8. The molecule has 3 rings (SSSR count). The van der Waals surface area contributed by atoms with E-state index in [9.17, 15) is 19.5 Å². The van der Waals surface area contributed by atoms with Crippen LogP contribution in [-0.4, -0.2) is 46.0 Å². The molecule has 33 heavy (non-hydrogen) atoms. The number of benzene rings is 2. The fourth-order valence-electron chi connectivity index (χ4n) is 3.74. The van der Waals surface area contributed by atoms with Gasteiger partial charge in [-0.1, -0.05) is 62.4 Å². The minimum absolute atomic E-state index is 0.211. The second-order valence-corrected chi connectivity index (χ2v) is 8.49. The Hall–Kier alpha value is -3.65. The molecule has 0 aliphatic heterocycles. The lowest BCUT2D eigenvalue weighted by Gasteiger charge is -2.24. The third kappa shape index (κ3) is 6.20. The lowest BCUT2D eigenvalue weighted by Crippen LogP contribution is -2.56. The smallest absolute Gasteiger partial charge is 0.326 e. The van der Waals surface area contributed by atoms with Crippen molar-refractivity contribution in [2.24, 2.45) is 11.7 Å². The number of H-pyrrole nitrogens is 1. The summed E-state index contributed by atoms with van der Waals surface area (Å²) in [7, 11) is 0. The van der Waals surface area contributed by atoms with Crippen LogP contribution >= 0.6 is 0 Å². The number of hydrogen-bond donors (Lipinski definition) is 5. The highest BCUT2D eigenvalue weighted by molar-refractivity contribution is 5.92. The Morgan fingerprint density at radius 1 is 0.939 bits per heavy atom. The number of aromatic nitrogens is 1. The van der Waals surface area contributed by atoms with Crippen LogP contribution in [0.15, 0.2) is 60.8 Å². The number of carbonyl (C=O) groups is 3. The second-order valence-electron chi connectivity index (χ2n) is 8.49. The number of aromatic amines is 1. The maximum absolute atomic E-state index is 13.0. The first kappa shape index (κ1) is 24.0. The molecule has 174 valence electrons. The van der Waals surface area contributed by atoms with Gasteiger partial charge in [0.25, 0.3) is 0 Å². The Kier molecular flexibility index (Phi) is 7.84. The molecule has 8 nitrogen and oxygen atoms in total. The van der Waals surface area contributed by atoms with Gasteiger partial charge in [-0.3, -0.25) is 9.59 Å². The summed E-state index contributed by atoms with van der Waals surface area (Å²) in [6, 6.07) is 14.0. The van der Waals surface area contributed by atoms with E-state index < -0.39 is 35.9 Å². The Bertz CT molecular complexity index is 1110. The molecule has 0 aliphatic rings. The topological polar surface area (TPSA) is 137 Å². The van der Waals surface area contributed by atoms with Gasteiger partial charge in [-0.2, -0.15) is 0 Å². The number of carbonyl (C=O) groups excluding carboxylic acids is 2. The number of carboxylic acids is 1. The highest BCUT2D eigenvalue weighted by atomic mass is 16.4. The zero-order valence-corrected chi connectivity index (χ0v) is 18.7. The molecule has 3 aromatic rings. The molecule has 3 unspecified atom stereocenters. The van der Waals surface area contributed by atoms with Gasteiger partial charge in [0, 0.05) is 23.5 Å². The molecular weight excluding hydrogens is 420 g/mol. The summed E-state index contributed by atoms with van der Waals surface area (Å²) in [6.07, 6.45) is 2.33. The molecule has 1 heterocycles. The molecular formula is C25H30N4O4. The number of para-hydroxylation sites is 1. The van der Waals surface area contributed by atoms with Crippen molar-refractivity contribution in [3.8, 4) is 0 Å². The van der Waals surface area contributed by atoms with Crippen molar-refractivity contribution >= 4 is 28.7 Å². The molecule has 3 atom stereocenters. The van der Waals surface area contributed by atoms with Crippen LogP contribution in [-0.2, 0) is 27.2 Å². The lowest BCUT2D eigenvalue weighted by atomic mass is 10.0. The lowest BCUT2D eigenvalue weighted by molar-refractivity contribution is -0.143. The minimum Gasteiger partial charge on any atom is -0.480 e.